The summed E-state index contributed by atoms with van der Waals surface area (Å²) in [7, 11) is 1.70. The van der Waals surface area contributed by atoms with E-state index in [4.69, 9.17) is 4.74 Å². The van der Waals surface area contributed by atoms with Crippen LogP contribution >= 0.6 is 0 Å². The molecule has 41 heavy (non-hydrogen) atoms. The summed E-state index contributed by atoms with van der Waals surface area (Å²) in [6.45, 7) is 4.23. The van der Waals surface area contributed by atoms with Gasteiger partial charge in [0.05, 0.1) is 32.0 Å². The number of anilines is 2. The average molecular weight is 559 g/mol. The van der Waals surface area contributed by atoms with Crippen LogP contribution in [-0.2, 0) is 22.4 Å². The van der Waals surface area contributed by atoms with Gasteiger partial charge in [0.1, 0.15) is 11.9 Å². The lowest BCUT2D eigenvalue weighted by Gasteiger charge is -2.34. The summed E-state index contributed by atoms with van der Waals surface area (Å²) >= 11 is 0. The molecule has 0 fully saturated rings. The minimum Gasteiger partial charge on any atom is -0.488 e. The highest BCUT2D eigenvalue weighted by Crippen LogP contribution is 2.29. The highest BCUT2D eigenvalue weighted by atomic mass is 16.5. The van der Waals surface area contributed by atoms with E-state index in [1.54, 1.807) is 42.0 Å². The predicted octanol–water partition coefficient (Wildman–Crippen LogP) is 4.18. The van der Waals surface area contributed by atoms with Gasteiger partial charge in [0.2, 0.25) is 11.8 Å². The largest absolute Gasteiger partial charge is 0.488 e. The zero-order valence-electron chi connectivity index (χ0n) is 23.7. The first-order valence-electron chi connectivity index (χ1n) is 13.8. The lowest BCUT2D eigenvalue weighted by Crippen LogP contribution is -2.48. The Bertz CT molecular complexity index is 1330. The van der Waals surface area contributed by atoms with E-state index in [1.807, 2.05) is 67.6 Å². The third-order valence-corrected chi connectivity index (χ3v) is 7.23. The molecule has 0 saturated heterocycles. The summed E-state index contributed by atoms with van der Waals surface area (Å²) in [5.41, 5.74) is 2.77. The van der Waals surface area contributed by atoms with Gasteiger partial charge in [-0.3, -0.25) is 9.59 Å². The molecule has 3 aromatic carbocycles. The second-order valence-electron chi connectivity index (χ2n) is 10.6. The van der Waals surface area contributed by atoms with E-state index in [1.165, 1.54) is 0 Å². The number of aliphatic hydroxyl groups excluding tert-OH is 1. The number of nitrogens with one attached hydrogen (secondary N) is 2. The maximum Gasteiger partial charge on any atom is 0.321 e. The quantitative estimate of drug-likeness (QED) is 0.384. The second kappa shape index (κ2) is 13.8. The molecule has 4 rings (SSSR count). The van der Waals surface area contributed by atoms with Crippen LogP contribution in [0.15, 0.2) is 78.9 Å². The summed E-state index contributed by atoms with van der Waals surface area (Å²) in [5.74, 6) is 0.0501. The highest BCUT2D eigenvalue weighted by molar-refractivity contribution is 5.93. The van der Waals surface area contributed by atoms with Crippen LogP contribution in [0.5, 0.6) is 5.75 Å². The number of likely N-dealkylation sites (N-methyl/N-ethyl adjacent to an activating group) is 1. The first-order chi connectivity index (χ1) is 19.7. The van der Waals surface area contributed by atoms with E-state index in [9.17, 15) is 19.5 Å². The molecule has 216 valence electrons. The van der Waals surface area contributed by atoms with E-state index < -0.39 is 6.10 Å². The Labute approximate surface area is 241 Å². The average Bonchev–Trinajstić information content (AvgIpc) is 3.01. The lowest BCUT2D eigenvalue weighted by atomic mass is 10.0. The van der Waals surface area contributed by atoms with Crippen LogP contribution in [0.25, 0.3) is 0 Å². The van der Waals surface area contributed by atoms with Gasteiger partial charge in [-0.1, -0.05) is 55.5 Å². The minimum absolute atomic E-state index is 0.0475. The monoisotopic (exact) mass is 558 g/mol. The number of benzene rings is 3. The number of hydrogen-bond donors (Lipinski definition) is 3. The first-order valence-corrected chi connectivity index (χ1v) is 13.8. The van der Waals surface area contributed by atoms with Gasteiger partial charge in [0.25, 0.3) is 0 Å². The van der Waals surface area contributed by atoms with Crippen molar-refractivity contribution in [2.24, 2.45) is 5.92 Å². The molecule has 4 amide bonds. The molecule has 3 atom stereocenters. The molecule has 1 aliphatic rings. The van der Waals surface area contributed by atoms with E-state index in [0.717, 1.165) is 5.56 Å². The summed E-state index contributed by atoms with van der Waals surface area (Å²) < 4.78 is 6.49. The molecule has 3 N–H and O–H groups in total. The molecule has 0 bridgehead atoms. The van der Waals surface area contributed by atoms with Gasteiger partial charge in [0, 0.05) is 36.4 Å². The molecule has 0 radical (unpaired) electrons. The van der Waals surface area contributed by atoms with Gasteiger partial charge < -0.3 is 30.3 Å². The van der Waals surface area contributed by atoms with Crippen molar-refractivity contribution in [2.75, 3.05) is 37.4 Å². The molecule has 1 heterocycles. The van der Waals surface area contributed by atoms with Gasteiger partial charge in [-0.2, -0.15) is 0 Å². The molecule has 9 heteroatoms. The van der Waals surface area contributed by atoms with Crippen molar-refractivity contribution < 1.29 is 24.2 Å². The smallest absolute Gasteiger partial charge is 0.321 e. The predicted molar refractivity (Wildman–Crippen MR) is 159 cm³/mol. The van der Waals surface area contributed by atoms with E-state index >= 15 is 0 Å². The van der Waals surface area contributed by atoms with Crippen LogP contribution in [0.4, 0.5) is 16.2 Å². The summed E-state index contributed by atoms with van der Waals surface area (Å²) in [5, 5.41) is 15.7. The van der Waals surface area contributed by atoms with Gasteiger partial charge in [0.15, 0.2) is 0 Å². The Kier molecular flexibility index (Phi) is 9.97. The zero-order valence-corrected chi connectivity index (χ0v) is 23.7. The third kappa shape index (κ3) is 8.08. The molecular weight excluding hydrogens is 520 g/mol. The summed E-state index contributed by atoms with van der Waals surface area (Å²) in [6.07, 6.45) is -0.170. The van der Waals surface area contributed by atoms with Crippen molar-refractivity contribution in [3.8, 4) is 5.75 Å². The number of amides is 4. The van der Waals surface area contributed by atoms with Crippen LogP contribution in [-0.4, -0.2) is 71.6 Å². The van der Waals surface area contributed by atoms with Crippen molar-refractivity contribution in [1.82, 2.24) is 9.80 Å². The van der Waals surface area contributed by atoms with Crippen molar-refractivity contribution in [3.63, 3.8) is 0 Å². The number of rotatable bonds is 8. The van der Waals surface area contributed by atoms with Crippen LogP contribution in [0.3, 0.4) is 0 Å². The Morgan fingerprint density at radius 1 is 1.02 bits per heavy atom. The normalized spacial score (nSPS) is 17.7. The SMILES string of the molecule is C[C@H]1CN([C@@H](C)CO)C(=O)Cc2cc(NC(=O)Cc3ccccc3)ccc2O[C@@H]1CN(C)C(=O)Nc1ccccc1. The zero-order chi connectivity index (χ0) is 29.4. The second-order valence-corrected chi connectivity index (χ2v) is 10.6. The van der Waals surface area contributed by atoms with E-state index in [2.05, 4.69) is 10.6 Å². The van der Waals surface area contributed by atoms with Gasteiger partial charge in [-0.25, -0.2) is 4.79 Å². The van der Waals surface area contributed by atoms with Crippen LogP contribution < -0.4 is 15.4 Å². The molecule has 3 aromatic rings. The van der Waals surface area contributed by atoms with Gasteiger partial charge in [-0.05, 0) is 42.8 Å². The molecule has 0 saturated carbocycles. The fraction of sp³-hybridized carbons (Fsp3) is 0.344. The topological polar surface area (TPSA) is 111 Å². The number of ether oxygens (including phenoxy) is 1. The third-order valence-electron chi connectivity index (χ3n) is 7.23. The molecule has 9 nitrogen and oxygen atoms in total. The van der Waals surface area contributed by atoms with Crippen molar-refractivity contribution >= 4 is 29.2 Å². The minimum atomic E-state index is -0.446. The van der Waals surface area contributed by atoms with Crippen LogP contribution in [0.1, 0.15) is 25.0 Å². The van der Waals surface area contributed by atoms with Crippen molar-refractivity contribution in [3.05, 3.63) is 90.0 Å². The molecule has 0 spiro atoms. The number of urea groups is 1. The van der Waals surface area contributed by atoms with Crippen molar-refractivity contribution in [2.45, 2.75) is 38.8 Å². The number of carbonyl (C=O) groups excluding carboxylic acids is 3. The molecule has 1 aliphatic heterocycles. The number of fused-ring (bicyclic) bond motifs is 1. The molecular formula is C32H38N4O5. The fourth-order valence-electron chi connectivity index (χ4n) is 4.80. The van der Waals surface area contributed by atoms with E-state index in [0.29, 0.717) is 29.2 Å². The highest BCUT2D eigenvalue weighted by Gasteiger charge is 2.32. The molecule has 0 unspecified atom stereocenters. The molecule has 0 aromatic heterocycles. The first kappa shape index (κ1) is 29.6. The Balaban J connectivity index is 1.56. The number of para-hydroxylation sites is 1. The maximum absolute atomic E-state index is 13.4. The molecule has 0 aliphatic carbocycles. The number of carbonyl (C=O) groups is 3. The fourth-order valence-corrected chi connectivity index (χ4v) is 4.80. The number of aliphatic hydroxyl groups is 1. The number of nitrogens with zero attached hydrogens (tertiary/aromatic N) is 2. The van der Waals surface area contributed by atoms with E-state index in [-0.39, 0.29) is 55.8 Å². The van der Waals surface area contributed by atoms with Crippen LogP contribution in [0.2, 0.25) is 0 Å². The summed E-state index contributed by atoms with van der Waals surface area (Å²) in [6, 6.07) is 23.3. The van der Waals surface area contributed by atoms with Crippen LogP contribution in [0, 0.1) is 5.92 Å². The number of hydrogen-bond acceptors (Lipinski definition) is 5. The van der Waals surface area contributed by atoms with Gasteiger partial charge >= 0.3 is 6.03 Å². The van der Waals surface area contributed by atoms with Crippen molar-refractivity contribution in [1.29, 1.82) is 0 Å². The summed E-state index contributed by atoms with van der Waals surface area (Å²) in [4.78, 5) is 42.3. The van der Waals surface area contributed by atoms with Gasteiger partial charge in [-0.15, -0.1) is 0 Å². The Morgan fingerprint density at radius 2 is 1.71 bits per heavy atom. The Hall–Kier alpha value is -4.37. The Morgan fingerprint density at radius 3 is 2.39 bits per heavy atom. The standard InChI is InChI=1S/C32H38N4O5/c1-22-19-36(23(2)21-37)31(39)18-25-17-27(33-30(38)16-24-10-6-4-7-11-24)14-15-28(25)41-29(22)20-35(3)32(40)34-26-12-8-5-9-13-26/h4-15,17,22-23,29,37H,16,18-21H2,1-3H3,(H,33,38)(H,34,40)/t22-,23-,29+/m0/s1. The maximum atomic E-state index is 13.4. The lowest BCUT2D eigenvalue weighted by molar-refractivity contribution is -0.134.